The molecular formula is C3HClN4O4. The van der Waals surface area contributed by atoms with Gasteiger partial charge in [0.2, 0.25) is 5.17 Å². The number of oxime groups is 1. The highest BCUT2D eigenvalue weighted by Crippen LogP contribution is 2.14. The second-order valence-electron chi connectivity index (χ2n) is 1.58. The quantitative estimate of drug-likeness (QED) is 0.313. The molecular weight excluding hydrogens is 192 g/mol. The molecule has 1 aromatic rings. The zero-order valence-electron chi connectivity index (χ0n) is 5.34. The van der Waals surface area contributed by atoms with Crippen LogP contribution in [-0.4, -0.2) is 25.6 Å². The first-order valence-corrected chi connectivity index (χ1v) is 2.89. The maximum absolute atomic E-state index is 10.2. The number of nitrogens with zero attached hydrogens (tertiary/aromatic N) is 4. The summed E-state index contributed by atoms with van der Waals surface area (Å²) in [5.74, 6) is -0.696. The predicted octanol–water partition coefficient (Wildman–Crippen LogP) is 0.352. The van der Waals surface area contributed by atoms with Crippen molar-refractivity contribution in [3.8, 4) is 0 Å². The van der Waals surface area contributed by atoms with Crippen LogP contribution in [0.25, 0.3) is 0 Å². The van der Waals surface area contributed by atoms with Crippen molar-refractivity contribution >= 4 is 22.6 Å². The molecule has 0 bridgehead atoms. The highest BCUT2D eigenvalue weighted by Gasteiger charge is 2.25. The second kappa shape index (κ2) is 3.13. The minimum Gasteiger partial charge on any atom is -0.410 e. The first kappa shape index (κ1) is 8.40. The average molecular weight is 193 g/mol. The molecule has 9 heteroatoms. The SMILES string of the molecule is O=[N+]([O-])c1nonc1/C(Cl)=N\O. The Bertz CT molecular complexity index is 333. The van der Waals surface area contributed by atoms with Crippen molar-refractivity contribution in [3.63, 3.8) is 0 Å². The molecule has 0 fully saturated rings. The van der Waals surface area contributed by atoms with Gasteiger partial charge in [0.1, 0.15) is 0 Å². The van der Waals surface area contributed by atoms with Crippen LogP contribution in [0.1, 0.15) is 5.69 Å². The molecule has 0 aromatic carbocycles. The fourth-order valence-corrected chi connectivity index (χ4v) is 0.600. The van der Waals surface area contributed by atoms with E-state index in [0.717, 1.165) is 0 Å². The third kappa shape index (κ3) is 1.32. The summed E-state index contributed by atoms with van der Waals surface area (Å²) in [6.07, 6.45) is 0. The number of aromatic nitrogens is 2. The smallest absolute Gasteiger partial charge is 0.410 e. The van der Waals surface area contributed by atoms with Crippen LogP contribution in [-0.2, 0) is 0 Å². The van der Waals surface area contributed by atoms with E-state index in [2.05, 4.69) is 20.1 Å². The lowest BCUT2D eigenvalue weighted by atomic mass is 10.5. The van der Waals surface area contributed by atoms with Gasteiger partial charge in [0.05, 0.1) is 0 Å². The number of hydrogen-bond acceptors (Lipinski definition) is 7. The lowest BCUT2D eigenvalue weighted by molar-refractivity contribution is -0.391. The molecule has 0 spiro atoms. The van der Waals surface area contributed by atoms with Crippen molar-refractivity contribution in [2.45, 2.75) is 0 Å². The van der Waals surface area contributed by atoms with Crippen molar-refractivity contribution in [2.24, 2.45) is 5.16 Å². The minimum atomic E-state index is -0.862. The number of nitro groups is 1. The summed E-state index contributed by atoms with van der Waals surface area (Å²) >= 11 is 5.21. The van der Waals surface area contributed by atoms with E-state index in [9.17, 15) is 10.1 Å². The minimum absolute atomic E-state index is 0.413. The van der Waals surface area contributed by atoms with Gasteiger partial charge in [0, 0.05) is 0 Å². The fraction of sp³-hybridized carbons (Fsp3) is 0. The van der Waals surface area contributed by atoms with Gasteiger partial charge in [-0.3, -0.25) is 0 Å². The molecule has 0 radical (unpaired) electrons. The van der Waals surface area contributed by atoms with Crippen LogP contribution in [0.4, 0.5) is 5.82 Å². The second-order valence-corrected chi connectivity index (χ2v) is 1.94. The average Bonchev–Trinajstić information content (AvgIpc) is 2.50. The summed E-state index contributed by atoms with van der Waals surface area (Å²) < 4.78 is 4.01. The molecule has 1 aromatic heterocycles. The van der Waals surface area contributed by atoms with Crippen molar-refractivity contribution < 1.29 is 14.8 Å². The van der Waals surface area contributed by atoms with Gasteiger partial charge in [-0.25, -0.2) is 0 Å². The molecule has 1 heterocycles. The number of halogens is 1. The lowest BCUT2D eigenvalue weighted by Crippen LogP contribution is -1.98. The van der Waals surface area contributed by atoms with Crippen LogP contribution in [0.3, 0.4) is 0 Å². The molecule has 8 nitrogen and oxygen atoms in total. The number of hydrogen-bond donors (Lipinski definition) is 1. The Morgan fingerprint density at radius 2 is 2.42 bits per heavy atom. The summed E-state index contributed by atoms with van der Waals surface area (Å²) in [5, 5.41) is 26.2. The van der Waals surface area contributed by atoms with E-state index in [1.807, 2.05) is 0 Å². The summed E-state index contributed by atoms with van der Waals surface area (Å²) in [7, 11) is 0. The molecule has 0 aliphatic carbocycles. The van der Waals surface area contributed by atoms with Gasteiger partial charge in [-0.05, 0) is 10.1 Å². The Morgan fingerprint density at radius 3 is 2.92 bits per heavy atom. The van der Waals surface area contributed by atoms with E-state index in [1.54, 1.807) is 0 Å². The Labute approximate surface area is 69.5 Å². The van der Waals surface area contributed by atoms with E-state index < -0.39 is 21.6 Å². The van der Waals surface area contributed by atoms with Crippen LogP contribution in [0.5, 0.6) is 0 Å². The molecule has 64 valence electrons. The zero-order chi connectivity index (χ0) is 9.14. The molecule has 12 heavy (non-hydrogen) atoms. The summed E-state index contributed by atoms with van der Waals surface area (Å²) in [6, 6.07) is 0. The Kier molecular flexibility index (Phi) is 2.19. The molecule has 0 atom stereocenters. The first-order valence-electron chi connectivity index (χ1n) is 2.51. The van der Waals surface area contributed by atoms with Gasteiger partial charge >= 0.3 is 5.82 Å². The normalized spacial score (nSPS) is 11.6. The largest absolute Gasteiger partial charge is 0.445 e. The van der Waals surface area contributed by atoms with Gasteiger partial charge in [-0.15, -0.1) is 4.63 Å². The molecule has 0 aliphatic rings. The topological polar surface area (TPSA) is 115 Å². The highest BCUT2D eigenvalue weighted by atomic mass is 35.5. The van der Waals surface area contributed by atoms with Crippen molar-refractivity contribution in [3.05, 3.63) is 15.8 Å². The van der Waals surface area contributed by atoms with Gasteiger partial charge < -0.3 is 15.3 Å². The highest BCUT2D eigenvalue weighted by molar-refractivity contribution is 6.69. The van der Waals surface area contributed by atoms with Gasteiger partial charge in [0.15, 0.2) is 5.16 Å². The van der Waals surface area contributed by atoms with E-state index >= 15 is 0 Å². The standard InChI is InChI=1S/C3HClN4O4/c4-2(5-9)1-3(8(10)11)7-12-6-1/h9H/b5-2+. The van der Waals surface area contributed by atoms with Gasteiger partial charge in [-0.2, -0.15) is 0 Å². The van der Waals surface area contributed by atoms with Gasteiger partial charge in [-0.1, -0.05) is 16.8 Å². The molecule has 1 N–H and O–H groups in total. The Hall–Kier alpha value is -1.70. The van der Waals surface area contributed by atoms with E-state index in [4.69, 9.17) is 16.8 Å². The van der Waals surface area contributed by atoms with Crippen LogP contribution < -0.4 is 0 Å². The monoisotopic (exact) mass is 192 g/mol. The summed E-state index contributed by atoms with van der Waals surface area (Å²) in [5.41, 5.74) is -0.413. The third-order valence-electron chi connectivity index (χ3n) is 0.927. The maximum atomic E-state index is 10.2. The van der Waals surface area contributed by atoms with Crippen LogP contribution >= 0.6 is 11.6 Å². The molecule has 1 rings (SSSR count). The van der Waals surface area contributed by atoms with Crippen LogP contribution in [0, 0.1) is 10.1 Å². The summed E-state index contributed by atoms with van der Waals surface area (Å²) in [4.78, 5) is 9.29. The van der Waals surface area contributed by atoms with E-state index in [0.29, 0.717) is 0 Å². The van der Waals surface area contributed by atoms with E-state index in [1.165, 1.54) is 0 Å². The summed E-state index contributed by atoms with van der Waals surface area (Å²) in [6.45, 7) is 0. The van der Waals surface area contributed by atoms with Gasteiger partial charge in [0.25, 0.3) is 5.69 Å². The molecule has 0 amide bonds. The molecule has 0 saturated heterocycles. The van der Waals surface area contributed by atoms with Crippen molar-refractivity contribution in [1.29, 1.82) is 0 Å². The van der Waals surface area contributed by atoms with Crippen molar-refractivity contribution in [1.82, 2.24) is 10.3 Å². The molecule has 0 unspecified atom stereocenters. The maximum Gasteiger partial charge on any atom is 0.445 e. The Balaban J connectivity index is 3.16. The molecule has 0 saturated carbocycles. The predicted molar refractivity (Wildman–Crippen MR) is 35.1 cm³/mol. The van der Waals surface area contributed by atoms with E-state index in [-0.39, 0.29) is 0 Å². The van der Waals surface area contributed by atoms with Crippen LogP contribution in [0.2, 0.25) is 0 Å². The fourth-order valence-electron chi connectivity index (χ4n) is 0.481. The third-order valence-corrected chi connectivity index (χ3v) is 1.18. The van der Waals surface area contributed by atoms with Crippen molar-refractivity contribution in [2.75, 3.05) is 0 Å². The first-order chi connectivity index (χ1) is 5.66. The number of rotatable bonds is 2. The lowest BCUT2D eigenvalue weighted by Gasteiger charge is -1.86. The Morgan fingerprint density at radius 1 is 1.75 bits per heavy atom. The zero-order valence-corrected chi connectivity index (χ0v) is 6.09. The molecule has 0 aliphatic heterocycles. The van der Waals surface area contributed by atoms with Crippen LogP contribution in [0.15, 0.2) is 9.78 Å².